The van der Waals surface area contributed by atoms with Gasteiger partial charge in [0.05, 0.1) is 22.2 Å². The third-order valence-corrected chi connectivity index (χ3v) is 7.11. The molecule has 0 aliphatic carbocycles. The molecule has 19 heavy (non-hydrogen) atoms. The fraction of sp³-hybridized carbons (Fsp3) is 0.625. The van der Waals surface area contributed by atoms with Crippen molar-refractivity contribution in [1.82, 2.24) is 14.6 Å². The quantitative estimate of drug-likeness (QED) is 0.567. The lowest BCUT2D eigenvalue weighted by molar-refractivity contribution is 0.114. The summed E-state index contributed by atoms with van der Waals surface area (Å²) in [4.78, 5) is 22.5. The first-order valence-corrected chi connectivity index (χ1v) is 8.56. The molecule has 2 heterocycles. The molecule has 0 saturated carbocycles. The summed E-state index contributed by atoms with van der Waals surface area (Å²) in [6, 6.07) is 0. The van der Waals surface area contributed by atoms with Crippen molar-refractivity contribution in [3.05, 3.63) is 18.7 Å². The first kappa shape index (κ1) is 12.2. The van der Waals surface area contributed by atoms with Gasteiger partial charge in [0.15, 0.2) is 0 Å². The van der Waals surface area contributed by atoms with Crippen molar-refractivity contribution in [3.8, 4) is 0 Å². The Morgan fingerprint density at radius 3 is 2.89 bits per heavy atom. The van der Waals surface area contributed by atoms with Crippen LogP contribution in [0.1, 0.15) is 9.16 Å². The minimum absolute atomic E-state index is 0.0690. The highest BCUT2D eigenvalue weighted by molar-refractivity contribution is 7.74. The number of hydrogen-bond donors (Lipinski definition) is 4. The van der Waals surface area contributed by atoms with Gasteiger partial charge < -0.3 is 24.0 Å². The molecular formula is C8H15N3O6P2. The van der Waals surface area contributed by atoms with E-state index in [2.05, 4.69) is 10.1 Å². The van der Waals surface area contributed by atoms with Crippen LogP contribution in [0.15, 0.2) is 18.7 Å². The van der Waals surface area contributed by atoms with E-state index in [-0.39, 0.29) is 13.2 Å². The largest absolute Gasteiger partial charge is 0.370 e. The van der Waals surface area contributed by atoms with Gasteiger partial charge >= 0.3 is 15.1 Å². The molecule has 11 heteroatoms. The van der Waals surface area contributed by atoms with Crippen LogP contribution >= 0.6 is 15.1 Å². The fourth-order valence-electron chi connectivity index (χ4n) is 1.54. The molecule has 1 aromatic heterocycles. The first-order chi connectivity index (χ1) is 9.56. The number of rotatable bonds is 4. The van der Waals surface area contributed by atoms with E-state index in [1.807, 2.05) is 0 Å². The lowest BCUT2D eigenvalue weighted by atomic mass is 10.5. The van der Waals surface area contributed by atoms with Crippen LogP contribution in [-0.2, 0) is 20.2 Å². The van der Waals surface area contributed by atoms with E-state index in [1.165, 1.54) is 0 Å². The van der Waals surface area contributed by atoms with Crippen molar-refractivity contribution in [3.63, 3.8) is 0 Å². The molecule has 1 aliphatic heterocycles. The lowest BCUT2D eigenvalue weighted by Crippen LogP contribution is -2.41. The van der Waals surface area contributed by atoms with Crippen molar-refractivity contribution in [1.29, 1.82) is 0 Å². The van der Waals surface area contributed by atoms with E-state index in [0.717, 1.165) is 18.7 Å². The molecule has 4 N–H and O–H groups in total. The summed E-state index contributed by atoms with van der Waals surface area (Å²) in [6.07, 6.45) is 3.53. The van der Waals surface area contributed by atoms with Crippen LogP contribution < -0.4 is 5.09 Å². The SMILES string of the molecule is [2H]C([2H])(n1ccnc1)C(O)(P(=O)(O)O)P1(=O)NCCCO1. The van der Waals surface area contributed by atoms with E-state index in [4.69, 9.17) is 7.27 Å². The normalized spacial score (nSPS) is 30.3. The monoisotopic (exact) mass is 313 g/mol. The Kier molecular flexibility index (Phi) is 3.29. The Morgan fingerprint density at radius 2 is 2.42 bits per heavy atom. The van der Waals surface area contributed by atoms with Gasteiger partial charge in [-0.1, -0.05) is 0 Å². The Morgan fingerprint density at radius 1 is 1.68 bits per heavy atom. The average Bonchev–Trinajstić information content (AvgIpc) is 2.91. The van der Waals surface area contributed by atoms with Gasteiger partial charge in [-0.2, -0.15) is 0 Å². The molecule has 1 aromatic rings. The first-order valence-electron chi connectivity index (χ1n) is 6.32. The zero-order chi connectivity index (χ0) is 15.9. The third kappa shape index (κ3) is 2.68. The number of aliphatic hydroxyl groups is 1. The molecular weight excluding hydrogens is 296 g/mol. The van der Waals surface area contributed by atoms with Gasteiger partial charge in [-0.15, -0.1) is 0 Å². The molecule has 9 nitrogen and oxygen atoms in total. The second kappa shape index (κ2) is 5.10. The molecule has 0 aromatic carbocycles. The Balaban J connectivity index is 2.63. The van der Waals surface area contributed by atoms with Crippen molar-refractivity contribution in [2.75, 3.05) is 13.2 Å². The topological polar surface area (TPSA) is 134 Å². The van der Waals surface area contributed by atoms with Crippen molar-refractivity contribution in [2.24, 2.45) is 0 Å². The number of nitrogens with one attached hydrogen (secondary N) is 1. The van der Waals surface area contributed by atoms with Crippen molar-refractivity contribution in [2.45, 2.75) is 18.0 Å². The minimum Gasteiger partial charge on any atom is -0.367 e. The van der Waals surface area contributed by atoms with Crippen molar-refractivity contribution >= 4 is 15.1 Å². The van der Waals surface area contributed by atoms with Crippen LogP contribution in [-0.4, -0.2) is 42.7 Å². The number of imidazole rings is 1. The van der Waals surface area contributed by atoms with Gasteiger partial charge in [-0.3, -0.25) is 9.13 Å². The molecule has 1 aliphatic rings. The fourth-order valence-corrected chi connectivity index (χ4v) is 5.12. The maximum Gasteiger partial charge on any atom is 0.370 e. The van der Waals surface area contributed by atoms with E-state index in [0.29, 0.717) is 11.0 Å². The van der Waals surface area contributed by atoms with Crippen LogP contribution in [0, 0.1) is 0 Å². The average molecular weight is 313 g/mol. The van der Waals surface area contributed by atoms with Crippen LogP contribution in [0.3, 0.4) is 0 Å². The molecule has 2 unspecified atom stereocenters. The van der Waals surface area contributed by atoms with E-state index in [1.54, 1.807) is 0 Å². The highest BCUT2D eigenvalue weighted by Crippen LogP contribution is 2.71. The molecule has 0 bridgehead atoms. The number of nitrogens with zero attached hydrogens (tertiary/aromatic N) is 2. The summed E-state index contributed by atoms with van der Waals surface area (Å²) < 4.78 is 45.8. The predicted molar refractivity (Wildman–Crippen MR) is 65.4 cm³/mol. The second-order valence-corrected chi connectivity index (χ2v) is 8.32. The molecule has 108 valence electrons. The second-order valence-electron chi connectivity index (χ2n) is 3.91. The smallest absolute Gasteiger partial charge is 0.367 e. The van der Waals surface area contributed by atoms with Crippen LogP contribution in [0.25, 0.3) is 0 Å². The molecule has 2 rings (SSSR count). The van der Waals surface area contributed by atoms with E-state index >= 15 is 0 Å². The summed E-state index contributed by atoms with van der Waals surface area (Å²) in [5, 5.41) is 9.13. The molecule has 2 atom stereocenters. The third-order valence-electron chi connectivity index (χ3n) is 2.51. The van der Waals surface area contributed by atoms with Crippen LogP contribution in [0.4, 0.5) is 0 Å². The molecule has 0 amide bonds. The molecule has 0 radical (unpaired) electrons. The van der Waals surface area contributed by atoms with Gasteiger partial charge in [0.1, 0.15) is 0 Å². The number of aromatic nitrogens is 2. The zero-order valence-corrected chi connectivity index (χ0v) is 11.5. The van der Waals surface area contributed by atoms with E-state index in [9.17, 15) is 24.0 Å². The summed E-state index contributed by atoms with van der Waals surface area (Å²) in [5.41, 5.74) is 0. The van der Waals surface area contributed by atoms with Gasteiger partial charge in [-0.05, 0) is 6.42 Å². The maximum absolute atomic E-state index is 12.7. The highest BCUT2D eigenvalue weighted by atomic mass is 31.2. The Hall–Kier alpha value is -0.530. The summed E-state index contributed by atoms with van der Waals surface area (Å²) in [6.45, 7) is -3.17. The Labute approximate surface area is 112 Å². The predicted octanol–water partition coefficient (Wildman–Crippen LogP) is -0.0901. The number of hydrogen-bond acceptors (Lipinski definition) is 5. The van der Waals surface area contributed by atoms with Gasteiger partial charge in [-0.25, -0.2) is 10.1 Å². The molecule has 1 saturated heterocycles. The van der Waals surface area contributed by atoms with Gasteiger partial charge in [0.25, 0.3) is 5.08 Å². The highest BCUT2D eigenvalue weighted by Gasteiger charge is 2.61. The van der Waals surface area contributed by atoms with Crippen LogP contribution in [0.2, 0.25) is 0 Å². The molecule has 0 spiro atoms. The standard InChI is InChI=1S/C8H15N3O6P2/c12-8(19(14,15)16,6-11-4-3-9-7-11)18(13)10-2-1-5-17-18/h3-4,7,12H,1-2,5-6H2,(H,10,13)(H2,14,15,16)/i6D2. The minimum atomic E-state index is -5.60. The summed E-state index contributed by atoms with van der Waals surface area (Å²) >= 11 is 0. The summed E-state index contributed by atoms with van der Waals surface area (Å²) in [5.74, 6) is 0. The lowest BCUT2D eigenvalue weighted by Gasteiger charge is -2.37. The summed E-state index contributed by atoms with van der Waals surface area (Å²) in [7, 11) is -10.2. The maximum atomic E-state index is 12.7. The van der Waals surface area contributed by atoms with Gasteiger partial charge in [0.2, 0.25) is 0 Å². The zero-order valence-electron chi connectivity index (χ0n) is 11.7. The molecule has 1 fully saturated rings. The van der Waals surface area contributed by atoms with Crippen molar-refractivity contribution < 1.29 is 31.3 Å². The van der Waals surface area contributed by atoms with E-state index < -0.39 is 26.7 Å². The Bertz CT molecular complexity index is 595. The van der Waals surface area contributed by atoms with Crippen LogP contribution in [0.5, 0.6) is 0 Å². The van der Waals surface area contributed by atoms with Gasteiger partial charge in [0, 0.05) is 18.9 Å².